The zero-order valence-corrected chi connectivity index (χ0v) is 19.3. The molecule has 9 heteroatoms. The number of anilines is 2. The Balaban J connectivity index is 1.50. The lowest BCUT2D eigenvalue weighted by Gasteiger charge is -2.36. The molecular formula is C27H23F3N2O4. The number of carbonyl (C=O) groups excluding carboxylic acids is 3. The minimum atomic E-state index is -4.67. The van der Waals surface area contributed by atoms with Crippen LogP contribution in [0.5, 0.6) is 0 Å². The normalized spacial score (nSPS) is 17.2. The average Bonchev–Trinajstić information content (AvgIpc) is 2.81. The summed E-state index contributed by atoms with van der Waals surface area (Å²) in [4.78, 5) is 36.7. The van der Waals surface area contributed by atoms with Crippen LogP contribution in [-0.4, -0.2) is 29.6 Å². The number of hydrogen-bond acceptors (Lipinski definition) is 4. The van der Waals surface area contributed by atoms with Crippen LogP contribution < -0.4 is 10.6 Å². The number of rotatable bonds is 5. The van der Waals surface area contributed by atoms with Crippen LogP contribution in [0.1, 0.15) is 35.7 Å². The summed E-state index contributed by atoms with van der Waals surface area (Å²) >= 11 is 0. The number of urea groups is 1. The Morgan fingerprint density at radius 3 is 2.14 bits per heavy atom. The van der Waals surface area contributed by atoms with Crippen LogP contribution in [-0.2, 0) is 16.0 Å². The highest BCUT2D eigenvalue weighted by atomic mass is 19.4. The fourth-order valence-corrected chi connectivity index (χ4v) is 4.36. The molecule has 0 saturated carbocycles. The van der Waals surface area contributed by atoms with Crippen molar-refractivity contribution in [2.75, 3.05) is 10.6 Å². The number of carbonyl (C=O) groups is 3. The molecule has 1 unspecified atom stereocenters. The number of benzene rings is 3. The van der Waals surface area contributed by atoms with Crippen LogP contribution in [0.3, 0.4) is 0 Å². The third kappa shape index (κ3) is 5.73. The summed E-state index contributed by atoms with van der Waals surface area (Å²) in [6.07, 6.45) is -6.29. The van der Waals surface area contributed by atoms with E-state index in [4.69, 9.17) is 4.74 Å². The number of hydrogen-bond donors (Lipinski definition) is 2. The van der Waals surface area contributed by atoms with E-state index >= 15 is 0 Å². The lowest BCUT2D eigenvalue weighted by molar-refractivity contribution is -0.186. The Kier molecular flexibility index (Phi) is 6.83. The number of ketones is 1. The molecule has 2 N–H and O–H groups in total. The van der Waals surface area contributed by atoms with E-state index in [9.17, 15) is 27.6 Å². The fraction of sp³-hybridized carbons (Fsp3) is 0.222. The molecule has 0 bridgehead atoms. The summed E-state index contributed by atoms with van der Waals surface area (Å²) < 4.78 is 44.6. The van der Waals surface area contributed by atoms with Crippen LogP contribution in [0, 0.1) is 0 Å². The molecule has 1 atom stereocenters. The summed E-state index contributed by atoms with van der Waals surface area (Å²) in [5.74, 6) is -1.77. The SMILES string of the molecule is CC(=O)OC1(CC(F)(F)F)CCc2cc(-c3ccc(NC(=O)Nc4ccccc4)cc3)ccc2C1=O. The van der Waals surface area contributed by atoms with E-state index in [-0.39, 0.29) is 18.4 Å². The molecule has 0 aliphatic heterocycles. The lowest BCUT2D eigenvalue weighted by atomic mass is 9.76. The quantitative estimate of drug-likeness (QED) is 0.402. The highest BCUT2D eigenvalue weighted by Gasteiger charge is 2.52. The summed E-state index contributed by atoms with van der Waals surface area (Å²) in [6.45, 7) is 0.994. The third-order valence-electron chi connectivity index (χ3n) is 5.89. The van der Waals surface area contributed by atoms with Gasteiger partial charge in [-0.15, -0.1) is 0 Å². The zero-order valence-electron chi connectivity index (χ0n) is 19.3. The topological polar surface area (TPSA) is 84.5 Å². The maximum Gasteiger partial charge on any atom is 0.393 e. The molecule has 0 aromatic heterocycles. The van der Waals surface area contributed by atoms with Crippen molar-refractivity contribution in [3.63, 3.8) is 0 Å². The number of esters is 1. The minimum absolute atomic E-state index is 0.117. The Bertz CT molecular complexity index is 1290. The van der Waals surface area contributed by atoms with E-state index in [2.05, 4.69) is 10.6 Å². The first-order chi connectivity index (χ1) is 17.0. The number of aryl methyl sites for hydroxylation is 1. The lowest BCUT2D eigenvalue weighted by Crippen LogP contribution is -2.49. The number of fused-ring (bicyclic) bond motifs is 1. The predicted molar refractivity (Wildman–Crippen MR) is 129 cm³/mol. The standard InChI is InChI=1S/C27H23F3N2O4/c1-17(33)36-26(16-27(28,29)30)14-13-20-15-19(9-12-23(20)24(26)34)18-7-10-22(11-8-18)32-25(35)31-21-5-3-2-4-6-21/h2-12,15H,13-14,16H2,1H3,(H2,31,32,35). The van der Waals surface area contributed by atoms with E-state index in [1.165, 1.54) is 6.07 Å². The van der Waals surface area contributed by atoms with Gasteiger partial charge >= 0.3 is 18.2 Å². The molecule has 1 aliphatic rings. The van der Waals surface area contributed by atoms with E-state index < -0.39 is 36.0 Å². The van der Waals surface area contributed by atoms with Gasteiger partial charge < -0.3 is 15.4 Å². The van der Waals surface area contributed by atoms with E-state index in [0.717, 1.165) is 18.1 Å². The van der Waals surface area contributed by atoms with Crippen molar-refractivity contribution >= 4 is 29.2 Å². The molecular weight excluding hydrogens is 473 g/mol. The van der Waals surface area contributed by atoms with Crippen molar-refractivity contribution < 1.29 is 32.3 Å². The van der Waals surface area contributed by atoms with Crippen LogP contribution in [0.25, 0.3) is 11.1 Å². The summed E-state index contributed by atoms with van der Waals surface area (Å²) in [5, 5.41) is 5.46. The molecule has 4 rings (SSSR count). The van der Waals surface area contributed by atoms with Crippen molar-refractivity contribution in [1.82, 2.24) is 0 Å². The second-order valence-corrected chi connectivity index (χ2v) is 8.60. The molecule has 2 amide bonds. The van der Waals surface area contributed by atoms with Gasteiger partial charge in [0, 0.05) is 23.9 Å². The summed E-state index contributed by atoms with van der Waals surface area (Å²) in [6, 6.07) is 20.5. The van der Waals surface area contributed by atoms with Crippen molar-refractivity contribution in [3.05, 3.63) is 83.9 Å². The predicted octanol–water partition coefficient (Wildman–Crippen LogP) is 6.38. The van der Waals surface area contributed by atoms with Crippen LogP contribution >= 0.6 is 0 Å². The first-order valence-electron chi connectivity index (χ1n) is 11.2. The molecule has 3 aromatic carbocycles. The zero-order chi connectivity index (χ0) is 25.9. The first-order valence-corrected chi connectivity index (χ1v) is 11.2. The second kappa shape index (κ2) is 9.85. The minimum Gasteiger partial charge on any atom is -0.450 e. The first kappa shape index (κ1) is 25.0. The number of Topliss-reactive ketones (excluding diaryl/α,β-unsaturated/α-hetero) is 1. The monoisotopic (exact) mass is 496 g/mol. The third-order valence-corrected chi connectivity index (χ3v) is 5.89. The van der Waals surface area contributed by atoms with Gasteiger partial charge in [0.1, 0.15) is 0 Å². The number of amides is 2. The molecule has 186 valence electrons. The van der Waals surface area contributed by atoms with Crippen molar-refractivity contribution in [3.8, 4) is 11.1 Å². The van der Waals surface area contributed by atoms with Crippen molar-refractivity contribution in [2.24, 2.45) is 0 Å². The highest BCUT2D eigenvalue weighted by Crippen LogP contribution is 2.41. The van der Waals surface area contributed by atoms with Crippen molar-refractivity contribution in [1.29, 1.82) is 0 Å². The molecule has 0 radical (unpaired) electrons. The Morgan fingerprint density at radius 1 is 0.917 bits per heavy atom. The number of halogens is 3. The molecule has 1 aliphatic carbocycles. The Morgan fingerprint density at radius 2 is 1.53 bits per heavy atom. The van der Waals surface area contributed by atoms with Gasteiger partial charge in [-0.3, -0.25) is 9.59 Å². The molecule has 36 heavy (non-hydrogen) atoms. The molecule has 0 fully saturated rings. The van der Waals surface area contributed by atoms with Gasteiger partial charge in [-0.05, 0) is 53.8 Å². The molecule has 3 aromatic rings. The molecule has 0 heterocycles. The van der Waals surface area contributed by atoms with Crippen LogP contribution in [0.15, 0.2) is 72.8 Å². The summed E-state index contributed by atoms with van der Waals surface area (Å²) in [5.41, 5.74) is 1.25. The highest BCUT2D eigenvalue weighted by molar-refractivity contribution is 6.06. The molecule has 6 nitrogen and oxygen atoms in total. The second-order valence-electron chi connectivity index (χ2n) is 8.60. The summed E-state index contributed by atoms with van der Waals surface area (Å²) in [7, 11) is 0. The van der Waals surface area contributed by atoms with Gasteiger partial charge in [-0.1, -0.05) is 48.5 Å². The fourth-order valence-electron chi connectivity index (χ4n) is 4.36. The molecule has 0 spiro atoms. The average molecular weight is 496 g/mol. The number of ether oxygens (including phenoxy) is 1. The van der Waals surface area contributed by atoms with Crippen LogP contribution in [0.4, 0.5) is 29.3 Å². The maximum absolute atomic E-state index is 13.2. The number of para-hydroxylation sites is 1. The Labute approximate surface area is 205 Å². The van der Waals surface area contributed by atoms with Gasteiger partial charge in [0.15, 0.2) is 5.60 Å². The molecule has 0 saturated heterocycles. The Hall–Kier alpha value is -4.14. The van der Waals surface area contributed by atoms with Gasteiger partial charge in [-0.2, -0.15) is 13.2 Å². The largest absolute Gasteiger partial charge is 0.450 e. The maximum atomic E-state index is 13.2. The smallest absolute Gasteiger partial charge is 0.393 e. The van der Waals surface area contributed by atoms with E-state index in [1.54, 1.807) is 48.5 Å². The van der Waals surface area contributed by atoms with Gasteiger partial charge in [0.05, 0.1) is 6.42 Å². The van der Waals surface area contributed by atoms with Gasteiger partial charge in [0.25, 0.3) is 0 Å². The van der Waals surface area contributed by atoms with Gasteiger partial charge in [0.2, 0.25) is 5.78 Å². The van der Waals surface area contributed by atoms with E-state index in [0.29, 0.717) is 16.9 Å². The van der Waals surface area contributed by atoms with E-state index in [1.807, 2.05) is 18.2 Å². The number of alkyl halides is 3. The van der Waals surface area contributed by atoms with Crippen LogP contribution in [0.2, 0.25) is 0 Å². The van der Waals surface area contributed by atoms with Gasteiger partial charge in [-0.25, -0.2) is 4.79 Å². The number of nitrogens with one attached hydrogen (secondary N) is 2. The van der Waals surface area contributed by atoms with Crippen molar-refractivity contribution in [2.45, 2.75) is 38.0 Å².